The van der Waals surface area contributed by atoms with Crippen molar-refractivity contribution in [3.05, 3.63) is 29.3 Å². The second-order valence-corrected chi connectivity index (χ2v) is 6.72. The molecule has 0 amide bonds. The highest BCUT2D eigenvalue weighted by molar-refractivity contribution is 7.89. The summed E-state index contributed by atoms with van der Waals surface area (Å²) in [5.41, 5.74) is 2.21. The second-order valence-electron chi connectivity index (χ2n) is 4.95. The Morgan fingerprint density at radius 3 is 2.90 bits per heavy atom. The number of fused-ring (bicyclic) bond motifs is 1. The monoisotopic (exact) mass is 298 g/mol. The Labute approximate surface area is 118 Å². The van der Waals surface area contributed by atoms with Gasteiger partial charge in [-0.3, -0.25) is 0 Å². The minimum Gasteiger partial charge on any atom is -0.376 e. The number of nitrogens with one attached hydrogen (secondary N) is 2. The van der Waals surface area contributed by atoms with E-state index in [0.717, 1.165) is 24.2 Å². The van der Waals surface area contributed by atoms with Crippen molar-refractivity contribution in [1.82, 2.24) is 10.0 Å². The van der Waals surface area contributed by atoms with Gasteiger partial charge >= 0.3 is 0 Å². The lowest BCUT2D eigenvalue weighted by Crippen LogP contribution is -2.39. The molecule has 0 bridgehead atoms. The first-order valence-electron chi connectivity index (χ1n) is 6.67. The van der Waals surface area contributed by atoms with Crippen LogP contribution in [-0.4, -0.2) is 40.9 Å². The standard InChI is InChI=1S/C13H18N2O4S/c16-20(17,15-8-12-9-18-3-4-19-12)13-2-1-10-6-14-7-11(10)5-13/h1-2,5,12,14-15H,3-4,6-9H2. The fourth-order valence-electron chi connectivity index (χ4n) is 2.38. The molecule has 0 saturated carbocycles. The maximum absolute atomic E-state index is 12.2. The molecule has 2 aliphatic rings. The molecule has 3 rings (SSSR count). The van der Waals surface area contributed by atoms with Gasteiger partial charge < -0.3 is 14.8 Å². The molecule has 1 unspecified atom stereocenters. The Hall–Kier alpha value is -0.990. The number of hydrogen-bond acceptors (Lipinski definition) is 5. The molecule has 110 valence electrons. The zero-order valence-electron chi connectivity index (χ0n) is 11.1. The van der Waals surface area contributed by atoms with Crippen molar-refractivity contribution in [2.24, 2.45) is 0 Å². The second kappa shape index (κ2) is 5.79. The van der Waals surface area contributed by atoms with E-state index in [-0.39, 0.29) is 12.6 Å². The summed E-state index contributed by atoms with van der Waals surface area (Å²) in [7, 11) is -3.49. The van der Waals surface area contributed by atoms with Gasteiger partial charge in [0.2, 0.25) is 10.0 Å². The van der Waals surface area contributed by atoms with Gasteiger partial charge in [0.25, 0.3) is 0 Å². The summed E-state index contributed by atoms with van der Waals surface area (Å²) in [5.74, 6) is 0. The summed E-state index contributed by atoms with van der Waals surface area (Å²) >= 11 is 0. The molecule has 1 fully saturated rings. The summed E-state index contributed by atoms with van der Waals surface area (Å²) in [6.07, 6.45) is -0.213. The molecule has 2 N–H and O–H groups in total. The molecule has 1 atom stereocenters. The number of benzene rings is 1. The minimum absolute atomic E-state index is 0.213. The van der Waals surface area contributed by atoms with E-state index in [9.17, 15) is 8.42 Å². The predicted molar refractivity (Wildman–Crippen MR) is 72.7 cm³/mol. The Morgan fingerprint density at radius 1 is 1.25 bits per heavy atom. The van der Waals surface area contributed by atoms with Crippen LogP contribution in [0.15, 0.2) is 23.1 Å². The molecular weight excluding hydrogens is 280 g/mol. The fourth-order valence-corrected chi connectivity index (χ4v) is 3.50. The van der Waals surface area contributed by atoms with Gasteiger partial charge in [0.15, 0.2) is 0 Å². The maximum atomic E-state index is 12.2. The lowest BCUT2D eigenvalue weighted by Gasteiger charge is -2.23. The Bertz CT molecular complexity index is 582. The largest absolute Gasteiger partial charge is 0.376 e. The highest BCUT2D eigenvalue weighted by atomic mass is 32.2. The predicted octanol–water partition coefficient (Wildman–Crippen LogP) is -0.0165. The Kier molecular flexibility index (Phi) is 4.04. The van der Waals surface area contributed by atoms with Crippen molar-refractivity contribution >= 4 is 10.0 Å². The minimum atomic E-state index is -3.49. The number of rotatable bonds is 4. The van der Waals surface area contributed by atoms with Crippen LogP contribution in [0.25, 0.3) is 0 Å². The van der Waals surface area contributed by atoms with E-state index in [1.54, 1.807) is 12.1 Å². The molecule has 7 heteroatoms. The van der Waals surface area contributed by atoms with Crippen molar-refractivity contribution in [2.75, 3.05) is 26.4 Å². The summed E-state index contributed by atoms with van der Waals surface area (Å²) in [6, 6.07) is 5.24. The van der Waals surface area contributed by atoms with Gasteiger partial charge in [0, 0.05) is 19.6 Å². The summed E-state index contributed by atoms with van der Waals surface area (Å²) in [4.78, 5) is 0.302. The lowest BCUT2D eigenvalue weighted by atomic mass is 10.1. The third kappa shape index (κ3) is 3.02. The summed E-state index contributed by atoms with van der Waals surface area (Å²) in [6.45, 7) is 3.26. The zero-order valence-corrected chi connectivity index (χ0v) is 11.9. The van der Waals surface area contributed by atoms with Crippen LogP contribution >= 0.6 is 0 Å². The van der Waals surface area contributed by atoms with E-state index >= 15 is 0 Å². The van der Waals surface area contributed by atoms with Crippen LogP contribution in [0.2, 0.25) is 0 Å². The van der Waals surface area contributed by atoms with Gasteiger partial charge in [-0.25, -0.2) is 13.1 Å². The molecule has 6 nitrogen and oxygen atoms in total. The number of sulfonamides is 1. The van der Waals surface area contributed by atoms with Gasteiger partial charge in [-0.15, -0.1) is 0 Å². The van der Waals surface area contributed by atoms with Crippen LogP contribution in [-0.2, 0) is 32.6 Å². The van der Waals surface area contributed by atoms with Crippen molar-refractivity contribution < 1.29 is 17.9 Å². The summed E-state index contributed by atoms with van der Waals surface area (Å²) < 4.78 is 37.7. The van der Waals surface area contributed by atoms with Gasteiger partial charge in [0.1, 0.15) is 0 Å². The molecule has 1 aromatic carbocycles. The van der Waals surface area contributed by atoms with Crippen LogP contribution in [0.4, 0.5) is 0 Å². The van der Waals surface area contributed by atoms with Crippen molar-refractivity contribution in [2.45, 2.75) is 24.1 Å². The Morgan fingerprint density at radius 2 is 2.10 bits per heavy atom. The number of ether oxygens (including phenoxy) is 2. The average molecular weight is 298 g/mol. The molecule has 20 heavy (non-hydrogen) atoms. The number of hydrogen-bond donors (Lipinski definition) is 2. The van der Waals surface area contributed by atoms with E-state index in [4.69, 9.17) is 9.47 Å². The van der Waals surface area contributed by atoms with Crippen LogP contribution in [0.1, 0.15) is 11.1 Å². The fraction of sp³-hybridized carbons (Fsp3) is 0.538. The topological polar surface area (TPSA) is 76.7 Å². The van der Waals surface area contributed by atoms with E-state index in [0.29, 0.717) is 24.7 Å². The third-order valence-corrected chi connectivity index (χ3v) is 4.93. The highest BCUT2D eigenvalue weighted by Gasteiger charge is 2.21. The molecular formula is C13H18N2O4S. The molecule has 2 aliphatic heterocycles. The van der Waals surface area contributed by atoms with Crippen LogP contribution in [0, 0.1) is 0 Å². The van der Waals surface area contributed by atoms with Crippen LogP contribution < -0.4 is 10.0 Å². The molecule has 0 aliphatic carbocycles. The van der Waals surface area contributed by atoms with E-state index in [1.807, 2.05) is 6.07 Å². The molecule has 0 aromatic heterocycles. The van der Waals surface area contributed by atoms with Gasteiger partial charge in [0.05, 0.1) is 30.8 Å². The molecule has 0 radical (unpaired) electrons. The lowest BCUT2D eigenvalue weighted by molar-refractivity contribution is -0.0846. The molecule has 0 spiro atoms. The van der Waals surface area contributed by atoms with Crippen LogP contribution in [0.3, 0.4) is 0 Å². The molecule has 1 saturated heterocycles. The van der Waals surface area contributed by atoms with E-state index in [1.165, 1.54) is 0 Å². The first-order valence-corrected chi connectivity index (χ1v) is 8.15. The molecule has 1 aromatic rings. The van der Waals surface area contributed by atoms with Gasteiger partial charge in [-0.2, -0.15) is 0 Å². The first kappa shape index (κ1) is 14.0. The highest BCUT2D eigenvalue weighted by Crippen LogP contribution is 2.19. The van der Waals surface area contributed by atoms with Gasteiger partial charge in [-0.1, -0.05) is 6.07 Å². The van der Waals surface area contributed by atoms with Crippen molar-refractivity contribution in [3.8, 4) is 0 Å². The normalized spacial score (nSPS) is 22.7. The SMILES string of the molecule is O=S(=O)(NCC1COCCO1)c1ccc2c(c1)CNC2. The van der Waals surface area contributed by atoms with E-state index < -0.39 is 10.0 Å². The first-order chi connectivity index (χ1) is 9.65. The maximum Gasteiger partial charge on any atom is 0.240 e. The quantitative estimate of drug-likeness (QED) is 0.817. The smallest absolute Gasteiger partial charge is 0.240 e. The summed E-state index contributed by atoms with van der Waals surface area (Å²) in [5, 5.41) is 3.20. The third-order valence-electron chi connectivity index (χ3n) is 3.50. The molecule has 2 heterocycles. The van der Waals surface area contributed by atoms with Crippen molar-refractivity contribution in [1.29, 1.82) is 0 Å². The van der Waals surface area contributed by atoms with E-state index in [2.05, 4.69) is 10.0 Å². The zero-order chi connectivity index (χ0) is 14.0. The Balaban J connectivity index is 1.68. The van der Waals surface area contributed by atoms with Gasteiger partial charge in [-0.05, 0) is 23.3 Å². The van der Waals surface area contributed by atoms with Crippen LogP contribution in [0.5, 0.6) is 0 Å². The average Bonchev–Trinajstić information content (AvgIpc) is 2.94. The van der Waals surface area contributed by atoms with Crippen molar-refractivity contribution in [3.63, 3.8) is 0 Å².